The molecule has 2 rings (SSSR count). The van der Waals surface area contributed by atoms with Crippen LogP contribution in [0.1, 0.15) is 30.1 Å². The maximum Gasteiger partial charge on any atom is 0.341 e. The van der Waals surface area contributed by atoms with Crippen molar-refractivity contribution in [2.75, 3.05) is 26.3 Å². The predicted octanol–water partition coefficient (Wildman–Crippen LogP) is 1.78. The van der Waals surface area contributed by atoms with Crippen LogP contribution < -0.4 is 9.47 Å². The average Bonchev–Trinajstić information content (AvgIpc) is 2.99. The lowest BCUT2D eigenvalue weighted by molar-refractivity contribution is -0.139. The molecule has 1 aromatic carbocycles. The van der Waals surface area contributed by atoms with Crippen LogP contribution >= 0.6 is 0 Å². The van der Waals surface area contributed by atoms with E-state index in [4.69, 9.17) is 14.6 Å². The monoisotopic (exact) mass is 293 g/mol. The summed E-state index contributed by atoms with van der Waals surface area (Å²) in [7, 11) is 0. The lowest BCUT2D eigenvalue weighted by Crippen LogP contribution is -2.27. The summed E-state index contributed by atoms with van der Waals surface area (Å²) in [5, 5.41) is 8.66. The van der Waals surface area contributed by atoms with E-state index in [2.05, 4.69) is 0 Å². The third-order valence-corrected chi connectivity index (χ3v) is 3.23. The molecule has 114 valence electrons. The second-order valence-electron chi connectivity index (χ2n) is 4.78. The largest absolute Gasteiger partial charge is 0.490 e. The first-order chi connectivity index (χ1) is 10.1. The predicted molar refractivity (Wildman–Crippen MR) is 75.9 cm³/mol. The van der Waals surface area contributed by atoms with Crippen molar-refractivity contribution in [2.24, 2.45) is 0 Å². The standard InChI is InChI=1S/C15H19NO5/c1-2-20-13-9-11(15(19)16-7-3-4-8-16)5-6-12(13)21-10-14(17)18/h5-6,9H,2-4,7-8,10H2,1H3,(H,17,18). The van der Waals surface area contributed by atoms with Gasteiger partial charge in [-0.3, -0.25) is 4.79 Å². The summed E-state index contributed by atoms with van der Waals surface area (Å²) in [6.45, 7) is 3.33. The van der Waals surface area contributed by atoms with Gasteiger partial charge in [-0.2, -0.15) is 0 Å². The first-order valence-corrected chi connectivity index (χ1v) is 7.02. The maximum absolute atomic E-state index is 12.3. The van der Waals surface area contributed by atoms with Crippen LogP contribution in [0.25, 0.3) is 0 Å². The van der Waals surface area contributed by atoms with Crippen LogP contribution in [0, 0.1) is 0 Å². The molecular formula is C15H19NO5. The molecule has 1 aromatic rings. The number of amides is 1. The summed E-state index contributed by atoms with van der Waals surface area (Å²) in [4.78, 5) is 24.7. The highest BCUT2D eigenvalue weighted by atomic mass is 16.5. The van der Waals surface area contributed by atoms with Crippen LogP contribution in [0.4, 0.5) is 0 Å². The van der Waals surface area contributed by atoms with Gasteiger partial charge in [0.25, 0.3) is 5.91 Å². The molecule has 0 aliphatic carbocycles. The highest BCUT2D eigenvalue weighted by Crippen LogP contribution is 2.29. The molecular weight excluding hydrogens is 274 g/mol. The molecule has 6 nitrogen and oxygen atoms in total. The third-order valence-electron chi connectivity index (χ3n) is 3.23. The van der Waals surface area contributed by atoms with E-state index < -0.39 is 12.6 Å². The summed E-state index contributed by atoms with van der Waals surface area (Å²) in [5.74, 6) is -0.367. The Hall–Kier alpha value is -2.24. The number of carbonyl (C=O) groups excluding carboxylic acids is 1. The van der Waals surface area contributed by atoms with Crippen LogP contribution in [0.2, 0.25) is 0 Å². The van der Waals surface area contributed by atoms with Gasteiger partial charge < -0.3 is 19.5 Å². The van der Waals surface area contributed by atoms with Crippen molar-refractivity contribution in [3.63, 3.8) is 0 Å². The average molecular weight is 293 g/mol. The molecule has 0 bridgehead atoms. The van der Waals surface area contributed by atoms with Gasteiger partial charge in [-0.25, -0.2) is 4.79 Å². The minimum Gasteiger partial charge on any atom is -0.490 e. The van der Waals surface area contributed by atoms with Crippen molar-refractivity contribution < 1.29 is 24.2 Å². The van der Waals surface area contributed by atoms with Crippen LogP contribution in [-0.4, -0.2) is 48.2 Å². The number of aliphatic carboxylic acids is 1. The van der Waals surface area contributed by atoms with Gasteiger partial charge in [0, 0.05) is 18.7 Å². The number of ether oxygens (including phenoxy) is 2. The quantitative estimate of drug-likeness (QED) is 0.865. The Balaban J connectivity index is 2.17. The summed E-state index contributed by atoms with van der Waals surface area (Å²) in [6, 6.07) is 4.83. The van der Waals surface area contributed by atoms with Crippen molar-refractivity contribution in [1.82, 2.24) is 4.90 Å². The number of carbonyl (C=O) groups is 2. The Bertz CT molecular complexity index is 523. The molecule has 1 heterocycles. The molecule has 1 amide bonds. The molecule has 0 atom stereocenters. The zero-order valence-electron chi connectivity index (χ0n) is 12.0. The Morgan fingerprint density at radius 2 is 1.90 bits per heavy atom. The molecule has 1 N–H and O–H groups in total. The lowest BCUT2D eigenvalue weighted by atomic mass is 10.1. The fraction of sp³-hybridized carbons (Fsp3) is 0.467. The Morgan fingerprint density at radius 1 is 1.19 bits per heavy atom. The van der Waals surface area contributed by atoms with Gasteiger partial charge in [0.2, 0.25) is 0 Å². The molecule has 1 fully saturated rings. The number of carboxylic acids is 1. The molecule has 0 saturated carbocycles. The van der Waals surface area contributed by atoms with Gasteiger partial charge in [-0.1, -0.05) is 0 Å². The summed E-state index contributed by atoms with van der Waals surface area (Å²) < 4.78 is 10.6. The minimum absolute atomic E-state index is 0.0294. The highest BCUT2D eigenvalue weighted by Gasteiger charge is 2.21. The summed E-state index contributed by atoms with van der Waals surface area (Å²) in [6.07, 6.45) is 2.06. The number of nitrogens with zero attached hydrogens (tertiary/aromatic N) is 1. The molecule has 21 heavy (non-hydrogen) atoms. The van der Waals surface area contributed by atoms with E-state index in [0.717, 1.165) is 25.9 Å². The number of hydrogen-bond acceptors (Lipinski definition) is 4. The second kappa shape index (κ2) is 6.97. The van der Waals surface area contributed by atoms with E-state index in [1.54, 1.807) is 18.2 Å². The van der Waals surface area contributed by atoms with Crippen LogP contribution in [0.5, 0.6) is 11.5 Å². The lowest BCUT2D eigenvalue weighted by Gasteiger charge is -2.17. The number of benzene rings is 1. The van der Waals surface area contributed by atoms with E-state index in [1.807, 2.05) is 11.8 Å². The second-order valence-corrected chi connectivity index (χ2v) is 4.78. The first kappa shape index (κ1) is 15.2. The van der Waals surface area contributed by atoms with Crippen LogP contribution in [0.15, 0.2) is 18.2 Å². The molecule has 0 aromatic heterocycles. The molecule has 1 saturated heterocycles. The van der Waals surface area contributed by atoms with Gasteiger partial charge in [-0.15, -0.1) is 0 Å². The van der Waals surface area contributed by atoms with Gasteiger partial charge in [-0.05, 0) is 38.0 Å². The van der Waals surface area contributed by atoms with Gasteiger partial charge >= 0.3 is 5.97 Å². The smallest absolute Gasteiger partial charge is 0.341 e. The van der Waals surface area contributed by atoms with E-state index in [0.29, 0.717) is 23.7 Å². The highest BCUT2D eigenvalue weighted by molar-refractivity contribution is 5.95. The third kappa shape index (κ3) is 3.87. The number of hydrogen-bond donors (Lipinski definition) is 1. The Labute approximate surface area is 123 Å². The summed E-state index contributed by atoms with van der Waals surface area (Å²) in [5.41, 5.74) is 0.531. The fourth-order valence-electron chi connectivity index (χ4n) is 2.27. The maximum atomic E-state index is 12.3. The van der Waals surface area contributed by atoms with Gasteiger partial charge in [0.05, 0.1) is 6.61 Å². The van der Waals surface area contributed by atoms with E-state index in [1.165, 1.54) is 0 Å². The van der Waals surface area contributed by atoms with Crippen molar-refractivity contribution in [1.29, 1.82) is 0 Å². The number of likely N-dealkylation sites (tertiary alicyclic amines) is 1. The topological polar surface area (TPSA) is 76.1 Å². The van der Waals surface area contributed by atoms with Crippen molar-refractivity contribution >= 4 is 11.9 Å². The Morgan fingerprint density at radius 3 is 2.52 bits per heavy atom. The van der Waals surface area contributed by atoms with E-state index in [-0.39, 0.29) is 5.91 Å². The zero-order valence-corrected chi connectivity index (χ0v) is 12.0. The van der Waals surface area contributed by atoms with Crippen LogP contribution in [-0.2, 0) is 4.79 Å². The zero-order chi connectivity index (χ0) is 15.2. The van der Waals surface area contributed by atoms with Crippen molar-refractivity contribution in [2.45, 2.75) is 19.8 Å². The Kier molecular flexibility index (Phi) is 5.03. The molecule has 0 radical (unpaired) electrons. The van der Waals surface area contributed by atoms with Crippen molar-refractivity contribution in [3.05, 3.63) is 23.8 Å². The first-order valence-electron chi connectivity index (χ1n) is 7.02. The van der Waals surface area contributed by atoms with Crippen molar-refractivity contribution in [3.8, 4) is 11.5 Å². The van der Waals surface area contributed by atoms with Gasteiger partial charge in [0.15, 0.2) is 18.1 Å². The number of rotatable bonds is 6. The minimum atomic E-state index is -1.06. The van der Waals surface area contributed by atoms with E-state index >= 15 is 0 Å². The van der Waals surface area contributed by atoms with Crippen LogP contribution in [0.3, 0.4) is 0 Å². The SMILES string of the molecule is CCOc1cc(C(=O)N2CCCC2)ccc1OCC(=O)O. The normalized spacial score (nSPS) is 14.0. The van der Waals surface area contributed by atoms with Gasteiger partial charge in [0.1, 0.15) is 0 Å². The number of carboxylic acid groups (broad SMARTS) is 1. The molecule has 0 spiro atoms. The molecule has 0 unspecified atom stereocenters. The molecule has 1 aliphatic heterocycles. The fourth-order valence-corrected chi connectivity index (χ4v) is 2.27. The summed E-state index contributed by atoms with van der Waals surface area (Å²) >= 11 is 0. The molecule has 1 aliphatic rings. The molecule has 6 heteroatoms. The van der Waals surface area contributed by atoms with E-state index in [9.17, 15) is 9.59 Å².